The number of carbonyl (C=O) groups excluding carboxylic acids is 2. The van der Waals surface area contributed by atoms with Crippen LogP contribution in [0.4, 0.5) is 36.8 Å². The van der Waals surface area contributed by atoms with Gasteiger partial charge in [-0.25, -0.2) is 4.79 Å². The van der Waals surface area contributed by atoms with E-state index in [1.54, 1.807) is 5.32 Å². The second-order valence-corrected chi connectivity index (χ2v) is 5.73. The van der Waals surface area contributed by atoms with E-state index in [0.717, 1.165) is 0 Å². The van der Waals surface area contributed by atoms with Gasteiger partial charge in [-0.1, -0.05) is 0 Å². The van der Waals surface area contributed by atoms with Crippen LogP contribution in [0.1, 0.15) is 42.3 Å². The zero-order chi connectivity index (χ0) is 18.9. The second-order valence-electron chi connectivity index (χ2n) is 5.73. The minimum absolute atomic E-state index is 0.190. The molecule has 0 aliphatic rings. The van der Waals surface area contributed by atoms with Crippen LogP contribution in [0.15, 0.2) is 12.1 Å². The van der Waals surface area contributed by atoms with E-state index in [1.807, 2.05) is 0 Å². The van der Waals surface area contributed by atoms with Crippen molar-refractivity contribution in [1.82, 2.24) is 0 Å². The Bertz CT molecular complexity index is 644. The number of rotatable bonds is 2. The quantitative estimate of drug-likeness (QED) is 0.606. The molecule has 1 aromatic rings. The molecule has 0 unspecified atom stereocenters. The molecule has 0 aliphatic carbocycles. The van der Waals surface area contributed by atoms with Crippen molar-refractivity contribution in [3.63, 3.8) is 0 Å². The molecule has 1 amide bonds. The second kappa shape index (κ2) is 6.33. The summed E-state index contributed by atoms with van der Waals surface area (Å²) in [4.78, 5) is 22.6. The molecule has 0 saturated carbocycles. The summed E-state index contributed by atoms with van der Waals surface area (Å²) in [6.45, 7) is 4.33. The van der Waals surface area contributed by atoms with Gasteiger partial charge in [0, 0.05) is 0 Å². The van der Waals surface area contributed by atoms with Crippen LogP contribution in [0.3, 0.4) is 0 Å². The summed E-state index contributed by atoms with van der Waals surface area (Å²) in [5.74, 6) is 0. The Labute approximate surface area is 132 Å². The van der Waals surface area contributed by atoms with Crippen LogP contribution in [0.25, 0.3) is 0 Å². The molecule has 10 heteroatoms. The molecule has 0 bridgehead atoms. The Morgan fingerprint density at radius 2 is 1.58 bits per heavy atom. The molecule has 1 aromatic carbocycles. The number of aldehydes is 1. The third kappa shape index (κ3) is 5.14. The summed E-state index contributed by atoms with van der Waals surface area (Å²) < 4.78 is 81.9. The van der Waals surface area contributed by atoms with Gasteiger partial charge in [0.05, 0.1) is 22.4 Å². The highest BCUT2D eigenvalue weighted by atomic mass is 19.4. The van der Waals surface area contributed by atoms with Gasteiger partial charge in [-0.2, -0.15) is 26.3 Å². The van der Waals surface area contributed by atoms with Gasteiger partial charge in [-0.05, 0) is 32.9 Å². The SMILES string of the molecule is CC(C)(C)OC(=O)Nc1cc(C(F)(F)F)cc(C(F)(F)F)c1C=O. The van der Waals surface area contributed by atoms with Crippen LogP contribution in [0.5, 0.6) is 0 Å². The topological polar surface area (TPSA) is 55.4 Å². The molecular weight excluding hydrogens is 344 g/mol. The number of ether oxygens (including phenoxy) is 1. The summed E-state index contributed by atoms with van der Waals surface area (Å²) in [5, 5.41) is 1.75. The lowest BCUT2D eigenvalue weighted by molar-refractivity contribution is -0.143. The third-order valence-electron chi connectivity index (χ3n) is 2.57. The predicted octanol–water partition coefficient (Wildman–Crippen LogP) is 4.88. The highest BCUT2D eigenvalue weighted by molar-refractivity contribution is 5.95. The monoisotopic (exact) mass is 357 g/mol. The average Bonchev–Trinajstić information content (AvgIpc) is 2.33. The average molecular weight is 357 g/mol. The van der Waals surface area contributed by atoms with Crippen LogP contribution in [0.2, 0.25) is 0 Å². The van der Waals surface area contributed by atoms with E-state index in [2.05, 4.69) is 0 Å². The first-order chi connectivity index (χ1) is 10.6. The van der Waals surface area contributed by atoms with E-state index >= 15 is 0 Å². The molecule has 134 valence electrons. The van der Waals surface area contributed by atoms with Crippen molar-refractivity contribution in [3.05, 3.63) is 28.8 Å². The van der Waals surface area contributed by atoms with Crippen molar-refractivity contribution >= 4 is 18.1 Å². The molecule has 0 saturated heterocycles. The maximum absolute atomic E-state index is 12.9. The van der Waals surface area contributed by atoms with E-state index in [1.165, 1.54) is 20.8 Å². The summed E-state index contributed by atoms with van der Waals surface area (Å²) in [6.07, 6.45) is -11.9. The maximum Gasteiger partial charge on any atom is 0.417 e. The first-order valence-electron chi connectivity index (χ1n) is 6.43. The van der Waals surface area contributed by atoms with Crippen LogP contribution < -0.4 is 5.32 Å². The van der Waals surface area contributed by atoms with E-state index in [-0.39, 0.29) is 18.4 Å². The highest BCUT2D eigenvalue weighted by Crippen LogP contribution is 2.40. The van der Waals surface area contributed by atoms with Gasteiger partial charge in [0.2, 0.25) is 0 Å². The predicted molar refractivity (Wildman–Crippen MR) is 71.7 cm³/mol. The Kier molecular flexibility index (Phi) is 5.22. The Hall–Kier alpha value is -2.26. The first kappa shape index (κ1) is 19.8. The lowest BCUT2D eigenvalue weighted by atomic mass is 10.0. The minimum Gasteiger partial charge on any atom is -0.444 e. The van der Waals surface area contributed by atoms with Gasteiger partial charge in [0.15, 0.2) is 6.29 Å². The summed E-state index contributed by atoms with van der Waals surface area (Å²) in [6, 6.07) is 0.0485. The van der Waals surface area contributed by atoms with Gasteiger partial charge in [-0.15, -0.1) is 0 Å². The molecule has 0 spiro atoms. The van der Waals surface area contributed by atoms with Gasteiger partial charge in [0.1, 0.15) is 5.60 Å². The van der Waals surface area contributed by atoms with Crippen LogP contribution in [-0.4, -0.2) is 18.0 Å². The van der Waals surface area contributed by atoms with Crippen molar-refractivity contribution < 1.29 is 40.7 Å². The number of benzene rings is 1. The molecule has 0 aliphatic heterocycles. The lowest BCUT2D eigenvalue weighted by Gasteiger charge is -2.21. The fourth-order valence-corrected chi connectivity index (χ4v) is 1.70. The Morgan fingerprint density at radius 1 is 1.04 bits per heavy atom. The van der Waals surface area contributed by atoms with Gasteiger partial charge < -0.3 is 4.74 Å². The van der Waals surface area contributed by atoms with Crippen molar-refractivity contribution in [1.29, 1.82) is 0 Å². The summed E-state index contributed by atoms with van der Waals surface area (Å²) in [5.41, 5.74) is -6.58. The minimum atomic E-state index is -5.22. The number of amides is 1. The first-order valence-corrected chi connectivity index (χ1v) is 6.43. The molecule has 4 nitrogen and oxygen atoms in total. The number of hydrogen-bond acceptors (Lipinski definition) is 3. The number of carbonyl (C=O) groups is 2. The lowest BCUT2D eigenvalue weighted by Crippen LogP contribution is -2.28. The molecular formula is C14H13F6NO3. The van der Waals surface area contributed by atoms with Gasteiger partial charge in [0.25, 0.3) is 0 Å². The van der Waals surface area contributed by atoms with E-state index < -0.39 is 46.4 Å². The van der Waals surface area contributed by atoms with Crippen molar-refractivity contribution in [2.75, 3.05) is 5.32 Å². The zero-order valence-electron chi connectivity index (χ0n) is 12.7. The molecule has 1 N–H and O–H groups in total. The van der Waals surface area contributed by atoms with Gasteiger partial charge in [-0.3, -0.25) is 10.1 Å². The number of alkyl halides is 6. The smallest absolute Gasteiger partial charge is 0.417 e. The molecule has 0 fully saturated rings. The summed E-state index contributed by atoms with van der Waals surface area (Å²) >= 11 is 0. The van der Waals surface area contributed by atoms with E-state index in [9.17, 15) is 35.9 Å². The standard InChI is InChI=1S/C14H13F6NO3/c1-12(2,3)24-11(23)21-10-5-7(13(15,16)17)4-9(8(10)6-22)14(18,19)20/h4-6H,1-3H3,(H,21,23). The fourth-order valence-electron chi connectivity index (χ4n) is 1.70. The maximum atomic E-state index is 12.9. The molecule has 24 heavy (non-hydrogen) atoms. The number of nitrogens with one attached hydrogen (secondary N) is 1. The fraction of sp³-hybridized carbons (Fsp3) is 0.429. The van der Waals surface area contributed by atoms with Crippen molar-refractivity contribution in [2.24, 2.45) is 0 Å². The number of hydrogen-bond donors (Lipinski definition) is 1. The van der Waals surface area contributed by atoms with Crippen LogP contribution >= 0.6 is 0 Å². The molecule has 1 rings (SSSR count). The van der Waals surface area contributed by atoms with Crippen LogP contribution in [-0.2, 0) is 17.1 Å². The largest absolute Gasteiger partial charge is 0.444 e. The molecule has 0 radical (unpaired) electrons. The third-order valence-corrected chi connectivity index (χ3v) is 2.57. The highest BCUT2D eigenvalue weighted by Gasteiger charge is 2.40. The normalized spacial score (nSPS) is 12.7. The van der Waals surface area contributed by atoms with Gasteiger partial charge >= 0.3 is 18.4 Å². The molecule has 0 atom stereocenters. The number of halogens is 6. The Balaban J connectivity index is 3.46. The summed E-state index contributed by atoms with van der Waals surface area (Å²) in [7, 11) is 0. The zero-order valence-corrected chi connectivity index (χ0v) is 12.7. The number of anilines is 1. The molecule has 0 aromatic heterocycles. The van der Waals surface area contributed by atoms with Crippen molar-refractivity contribution in [2.45, 2.75) is 38.7 Å². The molecule has 0 heterocycles. The Morgan fingerprint density at radius 3 is 1.96 bits per heavy atom. The van der Waals surface area contributed by atoms with E-state index in [0.29, 0.717) is 0 Å². The van der Waals surface area contributed by atoms with E-state index in [4.69, 9.17) is 4.74 Å². The van der Waals surface area contributed by atoms with Crippen LogP contribution in [0, 0.1) is 0 Å². The van der Waals surface area contributed by atoms with Crippen molar-refractivity contribution in [3.8, 4) is 0 Å².